The highest BCUT2D eigenvalue weighted by atomic mass is 35.5. The van der Waals surface area contributed by atoms with Gasteiger partial charge in [0, 0.05) is 12.1 Å². The number of hydrogen-bond acceptors (Lipinski definition) is 4. The molecule has 0 saturated heterocycles. The predicted octanol–water partition coefficient (Wildman–Crippen LogP) is 2.60. The maximum atomic E-state index is 10.8. The van der Waals surface area contributed by atoms with Gasteiger partial charge in [0.2, 0.25) is 0 Å². The third-order valence-electron chi connectivity index (χ3n) is 1.94. The molecule has 0 spiro atoms. The second kappa shape index (κ2) is 5.20. The van der Waals surface area contributed by atoms with Gasteiger partial charge in [0.25, 0.3) is 0 Å². The molecule has 0 aromatic heterocycles. The summed E-state index contributed by atoms with van der Waals surface area (Å²) >= 11 is 11.4. The van der Waals surface area contributed by atoms with Crippen LogP contribution in [0.3, 0.4) is 0 Å². The van der Waals surface area contributed by atoms with E-state index in [0.717, 1.165) is 6.07 Å². The smallest absolute Gasteiger partial charge is 0.312 e. The van der Waals surface area contributed by atoms with Crippen molar-refractivity contribution in [1.82, 2.24) is 0 Å². The molecule has 1 rings (SSSR count). The van der Waals surface area contributed by atoms with Crippen molar-refractivity contribution in [3.05, 3.63) is 32.3 Å². The SMILES string of the molecule is CC(Oc1cc(Cl)c(Cl)cc1[N+](=O)[O-])C(=N)N. The lowest BCUT2D eigenvalue weighted by atomic mass is 10.3. The van der Waals surface area contributed by atoms with Crippen LogP contribution in [0, 0.1) is 15.5 Å². The van der Waals surface area contributed by atoms with Crippen molar-refractivity contribution in [2.75, 3.05) is 0 Å². The van der Waals surface area contributed by atoms with E-state index in [1.54, 1.807) is 0 Å². The third kappa shape index (κ3) is 3.21. The van der Waals surface area contributed by atoms with E-state index in [1.165, 1.54) is 13.0 Å². The average Bonchev–Trinajstić information content (AvgIpc) is 2.22. The van der Waals surface area contributed by atoms with Crippen LogP contribution >= 0.6 is 23.2 Å². The van der Waals surface area contributed by atoms with Crippen LogP contribution in [0.1, 0.15) is 6.92 Å². The van der Waals surface area contributed by atoms with Gasteiger partial charge in [-0.1, -0.05) is 23.2 Å². The van der Waals surface area contributed by atoms with E-state index >= 15 is 0 Å². The quantitative estimate of drug-likeness (QED) is 0.382. The van der Waals surface area contributed by atoms with Gasteiger partial charge in [0.1, 0.15) is 5.84 Å². The predicted molar refractivity (Wildman–Crippen MR) is 65.1 cm³/mol. The van der Waals surface area contributed by atoms with E-state index < -0.39 is 11.0 Å². The Hall–Kier alpha value is -1.53. The number of amidine groups is 1. The van der Waals surface area contributed by atoms with Gasteiger partial charge in [-0.2, -0.15) is 0 Å². The van der Waals surface area contributed by atoms with Crippen molar-refractivity contribution >= 4 is 34.7 Å². The second-order valence-corrected chi connectivity index (χ2v) is 4.02. The van der Waals surface area contributed by atoms with Crippen molar-refractivity contribution in [3.63, 3.8) is 0 Å². The van der Waals surface area contributed by atoms with Crippen LogP contribution < -0.4 is 10.5 Å². The number of ether oxygens (including phenoxy) is 1. The van der Waals surface area contributed by atoms with Crippen LogP contribution in [0.5, 0.6) is 5.75 Å². The van der Waals surface area contributed by atoms with Crippen LogP contribution in [0.15, 0.2) is 12.1 Å². The normalized spacial score (nSPS) is 11.9. The van der Waals surface area contributed by atoms with Crippen molar-refractivity contribution in [3.8, 4) is 5.75 Å². The van der Waals surface area contributed by atoms with Gasteiger partial charge < -0.3 is 10.5 Å². The first-order valence-electron chi connectivity index (χ1n) is 4.47. The zero-order chi connectivity index (χ0) is 13.2. The summed E-state index contributed by atoms with van der Waals surface area (Å²) in [6, 6.07) is 2.31. The Labute approximate surface area is 107 Å². The van der Waals surface area contributed by atoms with E-state index in [1.807, 2.05) is 0 Å². The second-order valence-electron chi connectivity index (χ2n) is 3.21. The van der Waals surface area contributed by atoms with Gasteiger partial charge in [-0.25, -0.2) is 0 Å². The minimum Gasteiger partial charge on any atom is -0.476 e. The molecular formula is C9H9Cl2N3O3. The fourth-order valence-electron chi connectivity index (χ4n) is 1.01. The highest BCUT2D eigenvalue weighted by molar-refractivity contribution is 6.42. The molecule has 8 heteroatoms. The number of nitro groups is 1. The highest BCUT2D eigenvalue weighted by Gasteiger charge is 2.20. The summed E-state index contributed by atoms with van der Waals surface area (Å²) in [5.74, 6) is -0.322. The van der Waals surface area contributed by atoms with Crippen molar-refractivity contribution in [2.45, 2.75) is 13.0 Å². The Bertz CT molecular complexity index is 479. The van der Waals surface area contributed by atoms with Gasteiger partial charge in [-0.3, -0.25) is 15.5 Å². The number of hydrogen-bond donors (Lipinski definition) is 2. The summed E-state index contributed by atoms with van der Waals surface area (Å²) in [6.45, 7) is 1.49. The Morgan fingerprint density at radius 1 is 1.53 bits per heavy atom. The molecule has 0 heterocycles. The van der Waals surface area contributed by atoms with Crippen LogP contribution in [0.25, 0.3) is 0 Å². The first-order chi connectivity index (χ1) is 7.82. The number of benzene rings is 1. The first-order valence-corrected chi connectivity index (χ1v) is 5.22. The molecule has 0 saturated carbocycles. The van der Waals surface area contributed by atoms with Crippen molar-refractivity contribution < 1.29 is 9.66 Å². The van der Waals surface area contributed by atoms with E-state index in [4.69, 9.17) is 39.1 Å². The van der Waals surface area contributed by atoms with E-state index in [0.29, 0.717) is 0 Å². The maximum absolute atomic E-state index is 10.8. The molecule has 1 unspecified atom stereocenters. The summed E-state index contributed by atoms with van der Waals surface area (Å²) in [5.41, 5.74) is 4.88. The summed E-state index contributed by atoms with van der Waals surface area (Å²) < 4.78 is 5.17. The molecule has 0 fully saturated rings. The van der Waals surface area contributed by atoms with Gasteiger partial charge in [-0.15, -0.1) is 0 Å². The van der Waals surface area contributed by atoms with Crippen molar-refractivity contribution in [2.24, 2.45) is 5.73 Å². The summed E-state index contributed by atoms with van der Waals surface area (Å²) in [7, 11) is 0. The maximum Gasteiger partial charge on any atom is 0.312 e. The lowest BCUT2D eigenvalue weighted by Crippen LogP contribution is -2.30. The zero-order valence-electron chi connectivity index (χ0n) is 8.74. The molecule has 92 valence electrons. The lowest BCUT2D eigenvalue weighted by Gasteiger charge is -2.13. The molecule has 17 heavy (non-hydrogen) atoms. The third-order valence-corrected chi connectivity index (χ3v) is 2.66. The molecule has 1 atom stereocenters. The Kier molecular flexibility index (Phi) is 4.14. The standard InChI is InChI=1S/C9H9Cl2N3O3/c1-4(9(12)13)17-8-3-6(11)5(10)2-7(8)14(15)16/h2-4H,1H3,(H3,12,13). The number of nitrogens with zero attached hydrogens (tertiary/aromatic N) is 1. The molecular weight excluding hydrogens is 269 g/mol. The summed E-state index contributed by atoms with van der Waals surface area (Å²) in [4.78, 5) is 10.1. The number of halogens is 2. The fourth-order valence-corrected chi connectivity index (χ4v) is 1.32. The van der Waals surface area contributed by atoms with Gasteiger partial charge in [-0.05, 0) is 6.92 Å². The lowest BCUT2D eigenvalue weighted by molar-refractivity contribution is -0.385. The van der Waals surface area contributed by atoms with Crippen LogP contribution in [-0.2, 0) is 0 Å². The number of nitro benzene ring substituents is 1. The molecule has 3 N–H and O–H groups in total. The van der Waals surface area contributed by atoms with Crippen LogP contribution in [0.2, 0.25) is 10.0 Å². The highest BCUT2D eigenvalue weighted by Crippen LogP contribution is 2.36. The molecule has 6 nitrogen and oxygen atoms in total. The van der Waals surface area contributed by atoms with Gasteiger partial charge in [0.15, 0.2) is 11.9 Å². The van der Waals surface area contributed by atoms with Crippen LogP contribution in [-0.4, -0.2) is 16.9 Å². The molecule has 0 radical (unpaired) electrons. The fraction of sp³-hybridized carbons (Fsp3) is 0.222. The Morgan fingerprint density at radius 3 is 2.53 bits per heavy atom. The summed E-state index contributed by atoms with van der Waals surface area (Å²) in [6.07, 6.45) is -0.786. The topological polar surface area (TPSA) is 102 Å². The van der Waals surface area contributed by atoms with Crippen LogP contribution in [0.4, 0.5) is 5.69 Å². The largest absolute Gasteiger partial charge is 0.476 e. The summed E-state index contributed by atoms with van der Waals surface area (Å²) in [5, 5.41) is 18.1. The minimum absolute atomic E-state index is 0.0567. The van der Waals surface area contributed by atoms with E-state index in [2.05, 4.69) is 0 Å². The molecule has 0 amide bonds. The van der Waals surface area contributed by atoms with E-state index in [-0.39, 0.29) is 27.3 Å². The van der Waals surface area contributed by atoms with Gasteiger partial charge >= 0.3 is 5.69 Å². The van der Waals surface area contributed by atoms with E-state index in [9.17, 15) is 10.1 Å². The molecule has 0 bridgehead atoms. The number of nitrogens with one attached hydrogen (secondary N) is 1. The zero-order valence-corrected chi connectivity index (χ0v) is 10.2. The molecule has 1 aromatic rings. The minimum atomic E-state index is -0.786. The molecule has 1 aromatic carbocycles. The molecule has 0 aliphatic rings. The molecule has 0 aliphatic heterocycles. The monoisotopic (exact) mass is 277 g/mol. The molecule has 0 aliphatic carbocycles. The van der Waals surface area contributed by atoms with Gasteiger partial charge in [0.05, 0.1) is 15.0 Å². The van der Waals surface area contributed by atoms with Crippen molar-refractivity contribution in [1.29, 1.82) is 5.41 Å². The Balaban J connectivity index is 3.17. The number of nitrogens with two attached hydrogens (primary N) is 1. The first kappa shape index (κ1) is 13.5. The average molecular weight is 278 g/mol. The number of rotatable bonds is 4. The Morgan fingerprint density at radius 2 is 2.06 bits per heavy atom.